The molecule has 0 radical (unpaired) electrons. The van der Waals surface area contributed by atoms with Crippen LogP contribution in [0.5, 0.6) is 0 Å². The molecule has 0 amide bonds. The van der Waals surface area contributed by atoms with Gasteiger partial charge in [-0.05, 0) is 37.6 Å². The molecule has 5 heteroatoms. The molecular formula is C14H16N4O. The highest BCUT2D eigenvalue weighted by Crippen LogP contribution is 2.10. The van der Waals surface area contributed by atoms with Gasteiger partial charge >= 0.3 is 0 Å². The van der Waals surface area contributed by atoms with Gasteiger partial charge in [0.1, 0.15) is 5.76 Å². The summed E-state index contributed by atoms with van der Waals surface area (Å²) in [6.45, 7) is 4.12. The summed E-state index contributed by atoms with van der Waals surface area (Å²) in [5, 5.41) is 7.69. The highest BCUT2D eigenvalue weighted by Gasteiger charge is 2.09. The third-order valence-electron chi connectivity index (χ3n) is 2.94. The van der Waals surface area contributed by atoms with E-state index >= 15 is 0 Å². The van der Waals surface area contributed by atoms with Crippen molar-refractivity contribution in [3.63, 3.8) is 0 Å². The van der Waals surface area contributed by atoms with E-state index in [-0.39, 0.29) is 6.04 Å². The summed E-state index contributed by atoms with van der Waals surface area (Å²) in [7, 11) is 0. The molecule has 3 aromatic heterocycles. The van der Waals surface area contributed by atoms with Crippen LogP contribution in [0.4, 0.5) is 5.95 Å². The number of rotatable bonds is 4. The zero-order valence-corrected chi connectivity index (χ0v) is 11.0. The van der Waals surface area contributed by atoms with E-state index in [0.29, 0.717) is 5.95 Å². The number of pyridine rings is 1. The second kappa shape index (κ2) is 4.76. The summed E-state index contributed by atoms with van der Waals surface area (Å²) in [4.78, 5) is 4.43. The van der Waals surface area contributed by atoms with E-state index in [2.05, 4.69) is 22.3 Å². The number of hydrogen-bond donors (Lipinski definition) is 1. The molecule has 1 atom stereocenters. The molecule has 0 aliphatic heterocycles. The lowest BCUT2D eigenvalue weighted by molar-refractivity contribution is 0.497. The van der Waals surface area contributed by atoms with Gasteiger partial charge in [0.2, 0.25) is 5.95 Å². The van der Waals surface area contributed by atoms with E-state index in [0.717, 1.165) is 23.4 Å². The van der Waals surface area contributed by atoms with Crippen molar-refractivity contribution in [2.24, 2.45) is 0 Å². The average Bonchev–Trinajstić information content (AvgIpc) is 2.97. The fourth-order valence-electron chi connectivity index (χ4n) is 2.05. The van der Waals surface area contributed by atoms with E-state index in [1.165, 1.54) is 0 Å². The smallest absolute Gasteiger partial charge is 0.243 e. The van der Waals surface area contributed by atoms with Crippen molar-refractivity contribution >= 4 is 11.6 Å². The number of nitrogens with one attached hydrogen (secondary N) is 1. The van der Waals surface area contributed by atoms with Crippen LogP contribution in [0.2, 0.25) is 0 Å². The van der Waals surface area contributed by atoms with E-state index in [1.807, 2.05) is 37.4 Å². The molecule has 1 unspecified atom stereocenters. The zero-order chi connectivity index (χ0) is 13.2. The van der Waals surface area contributed by atoms with E-state index in [9.17, 15) is 0 Å². The fraction of sp³-hybridized carbons (Fsp3) is 0.286. The van der Waals surface area contributed by atoms with Crippen molar-refractivity contribution in [1.29, 1.82) is 0 Å². The third kappa shape index (κ3) is 2.59. The lowest BCUT2D eigenvalue weighted by atomic mass is 10.2. The highest BCUT2D eigenvalue weighted by molar-refractivity contribution is 5.44. The van der Waals surface area contributed by atoms with Crippen LogP contribution in [0, 0.1) is 6.92 Å². The topological polar surface area (TPSA) is 55.4 Å². The first-order valence-corrected chi connectivity index (χ1v) is 6.32. The molecule has 19 heavy (non-hydrogen) atoms. The Morgan fingerprint density at radius 3 is 3.05 bits per heavy atom. The molecule has 0 spiro atoms. The van der Waals surface area contributed by atoms with Crippen molar-refractivity contribution < 1.29 is 4.42 Å². The highest BCUT2D eigenvalue weighted by atomic mass is 16.3. The number of anilines is 1. The van der Waals surface area contributed by atoms with Gasteiger partial charge < -0.3 is 9.73 Å². The van der Waals surface area contributed by atoms with E-state index < -0.39 is 0 Å². The Bertz CT molecular complexity index is 672. The number of furan rings is 1. The Hall–Kier alpha value is -2.30. The number of nitrogens with zero attached hydrogens (tertiary/aromatic N) is 3. The summed E-state index contributed by atoms with van der Waals surface area (Å²) in [5.41, 5.74) is 2.01. The van der Waals surface area contributed by atoms with Gasteiger partial charge in [-0.25, -0.2) is 4.52 Å². The minimum absolute atomic E-state index is 0.213. The number of hydrogen-bond acceptors (Lipinski definition) is 4. The zero-order valence-electron chi connectivity index (χ0n) is 11.0. The maximum Gasteiger partial charge on any atom is 0.243 e. The van der Waals surface area contributed by atoms with Crippen LogP contribution >= 0.6 is 0 Å². The SMILES string of the molecule is Cc1ccc2nc(NC(C)Cc3ccco3)nn2c1. The van der Waals surface area contributed by atoms with Gasteiger partial charge in [0.05, 0.1) is 6.26 Å². The van der Waals surface area contributed by atoms with E-state index in [1.54, 1.807) is 10.8 Å². The molecule has 0 saturated heterocycles. The van der Waals surface area contributed by atoms with Crippen LogP contribution in [0.15, 0.2) is 41.1 Å². The van der Waals surface area contributed by atoms with Crippen LogP contribution < -0.4 is 5.32 Å². The molecule has 3 rings (SSSR count). The number of aryl methyl sites for hydroxylation is 1. The van der Waals surface area contributed by atoms with E-state index in [4.69, 9.17) is 4.42 Å². The minimum atomic E-state index is 0.213. The van der Waals surface area contributed by atoms with Gasteiger partial charge in [0.25, 0.3) is 0 Å². The van der Waals surface area contributed by atoms with Crippen LogP contribution in [0.25, 0.3) is 5.65 Å². The first-order valence-electron chi connectivity index (χ1n) is 6.32. The van der Waals surface area contributed by atoms with Crippen LogP contribution in [0.1, 0.15) is 18.2 Å². The number of aromatic nitrogens is 3. The normalized spacial score (nSPS) is 12.7. The maximum absolute atomic E-state index is 5.33. The molecule has 5 nitrogen and oxygen atoms in total. The molecule has 0 fully saturated rings. The first kappa shape index (κ1) is 11.8. The second-order valence-electron chi connectivity index (χ2n) is 4.77. The van der Waals surface area contributed by atoms with Gasteiger partial charge in [-0.3, -0.25) is 0 Å². The standard InChI is InChI=1S/C14H16N4O/c1-10-5-6-13-16-14(17-18(13)9-10)15-11(2)8-12-4-3-7-19-12/h3-7,9,11H,8H2,1-2H3,(H,15,17). The Morgan fingerprint density at radius 1 is 1.37 bits per heavy atom. The van der Waals surface area contributed by atoms with Crippen molar-refractivity contribution in [3.8, 4) is 0 Å². The maximum atomic E-state index is 5.33. The molecule has 0 saturated carbocycles. The lowest BCUT2D eigenvalue weighted by Gasteiger charge is -2.09. The third-order valence-corrected chi connectivity index (χ3v) is 2.94. The summed E-state index contributed by atoms with van der Waals surface area (Å²) < 4.78 is 7.12. The van der Waals surface area contributed by atoms with Gasteiger partial charge in [0, 0.05) is 18.7 Å². The fourth-order valence-corrected chi connectivity index (χ4v) is 2.05. The van der Waals surface area contributed by atoms with Crippen molar-refractivity contribution in [3.05, 3.63) is 48.0 Å². The molecule has 3 heterocycles. The summed E-state index contributed by atoms with van der Waals surface area (Å²) in [6.07, 6.45) is 4.46. The van der Waals surface area contributed by atoms with Crippen molar-refractivity contribution in [2.75, 3.05) is 5.32 Å². The average molecular weight is 256 g/mol. The molecule has 0 aliphatic carbocycles. The van der Waals surface area contributed by atoms with Crippen LogP contribution in [-0.2, 0) is 6.42 Å². The Labute approximate surface area is 111 Å². The minimum Gasteiger partial charge on any atom is -0.469 e. The molecule has 3 aromatic rings. The Morgan fingerprint density at radius 2 is 2.26 bits per heavy atom. The van der Waals surface area contributed by atoms with Gasteiger partial charge in [-0.1, -0.05) is 6.07 Å². The predicted molar refractivity (Wildman–Crippen MR) is 73.2 cm³/mol. The summed E-state index contributed by atoms with van der Waals surface area (Å²) in [5.74, 6) is 1.60. The van der Waals surface area contributed by atoms with Crippen LogP contribution in [-0.4, -0.2) is 20.6 Å². The predicted octanol–water partition coefficient (Wildman–Crippen LogP) is 2.67. The molecule has 0 aliphatic rings. The summed E-state index contributed by atoms with van der Waals surface area (Å²) >= 11 is 0. The van der Waals surface area contributed by atoms with Crippen molar-refractivity contribution in [1.82, 2.24) is 14.6 Å². The van der Waals surface area contributed by atoms with Gasteiger partial charge in [-0.15, -0.1) is 5.10 Å². The molecule has 0 bridgehead atoms. The van der Waals surface area contributed by atoms with Gasteiger partial charge in [-0.2, -0.15) is 4.98 Å². The molecular weight excluding hydrogens is 240 g/mol. The molecule has 98 valence electrons. The quantitative estimate of drug-likeness (QED) is 0.779. The van der Waals surface area contributed by atoms with Gasteiger partial charge in [0.15, 0.2) is 5.65 Å². The Kier molecular flexibility index (Phi) is 2.95. The van der Waals surface area contributed by atoms with Crippen molar-refractivity contribution in [2.45, 2.75) is 26.3 Å². The monoisotopic (exact) mass is 256 g/mol. The Balaban J connectivity index is 1.74. The largest absolute Gasteiger partial charge is 0.469 e. The summed E-state index contributed by atoms with van der Waals surface area (Å²) in [6, 6.07) is 8.07. The second-order valence-corrected chi connectivity index (χ2v) is 4.77. The molecule has 1 N–H and O–H groups in total. The lowest BCUT2D eigenvalue weighted by Crippen LogP contribution is -2.18. The number of fused-ring (bicyclic) bond motifs is 1. The van der Waals surface area contributed by atoms with Crippen LogP contribution in [0.3, 0.4) is 0 Å². The molecule has 0 aromatic carbocycles. The first-order chi connectivity index (χ1) is 9.20.